The fraction of sp³-hybridized carbons (Fsp3) is 0.462. The van der Waals surface area contributed by atoms with Gasteiger partial charge in [0.2, 0.25) is 6.41 Å². The van der Waals surface area contributed by atoms with E-state index in [1.165, 1.54) is 24.0 Å². The van der Waals surface area contributed by atoms with Crippen molar-refractivity contribution in [3.8, 4) is 0 Å². The minimum Gasteiger partial charge on any atom is -0.330 e. The molecule has 0 radical (unpaired) electrons. The number of aryl methyl sites for hydroxylation is 1. The van der Waals surface area contributed by atoms with E-state index in [4.69, 9.17) is 5.73 Å². The molecular formula is C13H18N2O. The van der Waals surface area contributed by atoms with Crippen LogP contribution in [0.3, 0.4) is 0 Å². The van der Waals surface area contributed by atoms with E-state index in [0.717, 1.165) is 31.5 Å². The lowest BCUT2D eigenvalue weighted by Gasteiger charge is -2.25. The smallest absolute Gasteiger partial charge is 0.211 e. The number of carbonyl (C=O) groups excluding carboxylic acids is 1. The van der Waals surface area contributed by atoms with Crippen LogP contribution in [0.4, 0.5) is 5.69 Å². The fourth-order valence-electron chi connectivity index (χ4n) is 2.56. The molecule has 1 aromatic rings. The summed E-state index contributed by atoms with van der Waals surface area (Å²) in [5.74, 6) is 0.571. The van der Waals surface area contributed by atoms with Gasteiger partial charge in [-0.2, -0.15) is 0 Å². The van der Waals surface area contributed by atoms with Gasteiger partial charge in [0.05, 0.1) is 0 Å². The Hall–Kier alpha value is -1.35. The van der Waals surface area contributed by atoms with Crippen molar-refractivity contribution < 1.29 is 4.79 Å². The zero-order valence-electron chi connectivity index (χ0n) is 9.41. The predicted molar refractivity (Wildman–Crippen MR) is 65.5 cm³/mol. The van der Waals surface area contributed by atoms with Gasteiger partial charge < -0.3 is 11.1 Å². The molecule has 0 aliphatic heterocycles. The Labute approximate surface area is 96.0 Å². The van der Waals surface area contributed by atoms with E-state index in [2.05, 4.69) is 17.4 Å². The molecule has 1 aliphatic carbocycles. The molecule has 0 saturated carbocycles. The SMILES string of the molecule is NCCC1CCCc2ccc(NC=O)cc21. The Morgan fingerprint density at radius 3 is 3.12 bits per heavy atom. The predicted octanol–water partition coefficient (Wildman–Crippen LogP) is 2.02. The van der Waals surface area contributed by atoms with Crippen molar-refractivity contribution in [2.24, 2.45) is 5.73 Å². The lowest BCUT2D eigenvalue weighted by atomic mass is 9.81. The van der Waals surface area contributed by atoms with E-state index in [9.17, 15) is 4.79 Å². The number of amides is 1. The summed E-state index contributed by atoms with van der Waals surface area (Å²) in [7, 11) is 0. The molecule has 0 bridgehead atoms. The van der Waals surface area contributed by atoms with Crippen molar-refractivity contribution >= 4 is 12.1 Å². The summed E-state index contributed by atoms with van der Waals surface area (Å²) < 4.78 is 0. The second-order valence-electron chi connectivity index (χ2n) is 4.34. The van der Waals surface area contributed by atoms with Gasteiger partial charge in [-0.15, -0.1) is 0 Å². The van der Waals surface area contributed by atoms with E-state index < -0.39 is 0 Å². The molecule has 1 aliphatic rings. The molecule has 1 unspecified atom stereocenters. The van der Waals surface area contributed by atoms with E-state index in [1.807, 2.05) is 6.07 Å². The van der Waals surface area contributed by atoms with Gasteiger partial charge in [0.25, 0.3) is 0 Å². The van der Waals surface area contributed by atoms with Crippen LogP contribution in [0.5, 0.6) is 0 Å². The third-order valence-electron chi connectivity index (χ3n) is 3.33. The van der Waals surface area contributed by atoms with Crippen LogP contribution >= 0.6 is 0 Å². The van der Waals surface area contributed by atoms with Gasteiger partial charge in [-0.1, -0.05) is 6.07 Å². The first-order chi connectivity index (χ1) is 7.85. The molecule has 1 amide bonds. The van der Waals surface area contributed by atoms with E-state index in [-0.39, 0.29) is 0 Å². The molecule has 16 heavy (non-hydrogen) atoms. The maximum atomic E-state index is 10.4. The number of benzene rings is 1. The minimum absolute atomic E-state index is 0.571. The quantitative estimate of drug-likeness (QED) is 0.760. The van der Waals surface area contributed by atoms with Gasteiger partial charge in [0.1, 0.15) is 0 Å². The molecule has 1 atom stereocenters. The number of anilines is 1. The van der Waals surface area contributed by atoms with Crippen LogP contribution in [0.15, 0.2) is 18.2 Å². The van der Waals surface area contributed by atoms with E-state index >= 15 is 0 Å². The van der Waals surface area contributed by atoms with E-state index in [1.54, 1.807) is 0 Å². The van der Waals surface area contributed by atoms with Gasteiger partial charge in [0.15, 0.2) is 0 Å². The van der Waals surface area contributed by atoms with Crippen LogP contribution in [0, 0.1) is 0 Å². The molecular weight excluding hydrogens is 200 g/mol. The van der Waals surface area contributed by atoms with Gasteiger partial charge in [0, 0.05) is 5.69 Å². The highest BCUT2D eigenvalue weighted by Gasteiger charge is 2.19. The average Bonchev–Trinajstić information content (AvgIpc) is 2.31. The number of carbonyl (C=O) groups is 1. The zero-order valence-corrected chi connectivity index (χ0v) is 9.41. The zero-order chi connectivity index (χ0) is 11.4. The second kappa shape index (κ2) is 5.12. The fourth-order valence-corrected chi connectivity index (χ4v) is 2.56. The number of nitrogens with one attached hydrogen (secondary N) is 1. The maximum Gasteiger partial charge on any atom is 0.211 e. The van der Waals surface area contributed by atoms with Gasteiger partial charge >= 0.3 is 0 Å². The number of nitrogens with two attached hydrogens (primary N) is 1. The first-order valence-electron chi connectivity index (χ1n) is 5.88. The topological polar surface area (TPSA) is 55.1 Å². The Kier molecular flexibility index (Phi) is 3.57. The Balaban J connectivity index is 2.28. The molecule has 3 N–H and O–H groups in total. The highest BCUT2D eigenvalue weighted by atomic mass is 16.1. The van der Waals surface area contributed by atoms with Crippen molar-refractivity contribution in [3.05, 3.63) is 29.3 Å². The third-order valence-corrected chi connectivity index (χ3v) is 3.33. The summed E-state index contributed by atoms with van der Waals surface area (Å²) in [6.07, 6.45) is 5.38. The lowest BCUT2D eigenvalue weighted by molar-refractivity contribution is -0.105. The highest BCUT2D eigenvalue weighted by Crippen LogP contribution is 2.35. The van der Waals surface area contributed by atoms with Crippen molar-refractivity contribution in [1.29, 1.82) is 0 Å². The summed E-state index contributed by atoms with van der Waals surface area (Å²) in [6.45, 7) is 0.732. The number of fused-ring (bicyclic) bond motifs is 1. The van der Waals surface area contributed by atoms with Gasteiger partial charge in [-0.25, -0.2) is 0 Å². The van der Waals surface area contributed by atoms with Crippen LogP contribution < -0.4 is 11.1 Å². The van der Waals surface area contributed by atoms with Crippen LogP contribution in [-0.2, 0) is 11.2 Å². The number of rotatable bonds is 4. The molecule has 3 heteroatoms. The van der Waals surface area contributed by atoms with Crippen molar-refractivity contribution in [1.82, 2.24) is 0 Å². The molecule has 0 heterocycles. The Morgan fingerprint density at radius 2 is 2.38 bits per heavy atom. The molecule has 0 aromatic heterocycles. The van der Waals surface area contributed by atoms with Crippen LogP contribution in [-0.4, -0.2) is 13.0 Å². The largest absolute Gasteiger partial charge is 0.330 e. The Morgan fingerprint density at radius 1 is 1.50 bits per heavy atom. The van der Waals surface area contributed by atoms with Crippen LogP contribution in [0.2, 0.25) is 0 Å². The van der Waals surface area contributed by atoms with Crippen molar-refractivity contribution in [2.45, 2.75) is 31.6 Å². The lowest BCUT2D eigenvalue weighted by Crippen LogP contribution is -2.14. The van der Waals surface area contributed by atoms with E-state index in [0.29, 0.717) is 5.92 Å². The summed E-state index contributed by atoms with van der Waals surface area (Å²) in [4.78, 5) is 10.4. The first-order valence-corrected chi connectivity index (χ1v) is 5.88. The molecule has 0 saturated heterocycles. The molecule has 3 nitrogen and oxygen atoms in total. The number of hydrogen-bond donors (Lipinski definition) is 2. The Bertz CT molecular complexity index is 376. The summed E-state index contributed by atoms with van der Waals surface area (Å²) >= 11 is 0. The second-order valence-corrected chi connectivity index (χ2v) is 4.34. The van der Waals surface area contributed by atoms with Crippen molar-refractivity contribution in [2.75, 3.05) is 11.9 Å². The van der Waals surface area contributed by atoms with Gasteiger partial charge in [-0.05, 0) is 61.4 Å². The number of hydrogen-bond acceptors (Lipinski definition) is 2. The third kappa shape index (κ3) is 2.25. The average molecular weight is 218 g/mol. The molecule has 0 spiro atoms. The summed E-state index contributed by atoms with van der Waals surface area (Å²) in [6, 6.07) is 6.20. The monoisotopic (exact) mass is 218 g/mol. The first kappa shape index (κ1) is 11.1. The normalized spacial score (nSPS) is 18.9. The summed E-state index contributed by atoms with van der Waals surface area (Å²) in [5, 5.41) is 2.71. The maximum absolute atomic E-state index is 10.4. The highest BCUT2D eigenvalue weighted by molar-refractivity contribution is 5.71. The van der Waals surface area contributed by atoms with Crippen LogP contribution in [0.25, 0.3) is 0 Å². The standard InChI is InChI=1S/C13H18N2O/c14-7-6-11-3-1-2-10-4-5-12(15-9-16)8-13(10)11/h4-5,8-9,11H,1-3,6-7,14H2,(H,15,16). The molecule has 2 rings (SSSR count). The van der Waals surface area contributed by atoms with Crippen molar-refractivity contribution in [3.63, 3.8) is 0 Å². The minimum atomic E-state index is 0.571. The molecule has 0 fully saturated rings. The molecule has 86 valence electrons. The summed E-state index contributed by atoms with van der Waals surface area (Å²) in [5.41, 5.74) is 9.32. The van der Waals surface area contributed by atoms with Gasteiger partial charge in [-0.3, -0.25) is 4.79 Å². The molecule has 1 aromatic carbocycles. The van der Waals surface area contributed by atoms with Crippen LogP contribution in [0.1, 0.15) is 36.3 Å².